The highest BCUT2D eigenvalue weighted by Gasteiger charge is 2.22. The Morgan fingerprint density at radius 1 is 1.43 bits per heavy atom. The molecule has 3 N–H and O–H groups in total. The van der Waals surface area contributed by atoms with Crippen molar-refractivity contribution in [1.29, 1.82) is 0 Å². The number of carbonyl (C=O) groups excluding carboxylic acids is 1. The number of aliphatic hydroxyl groups excluding tert-OH is 1. The first-order chi connectivity index (χ1) is 10.2. The zero-order chi connectivity index (χ0) is 15.1. The van der Waals surface area contributed by atoms with Crippen LogP contribution in [0, 0.1) is 5.92 Å². The summed E-state index contributed by atoms with van der Waals surface area (Å²) in [6, 6.07) is 10.1. The first-order valence-electron chi connectivity index (χ1n) is 7.88. The molecule has 1 aromatic carbocycles. The first kappa shape index (κ1) is 16.0. The molecule has 1 aliphatic rings. The summed E-state index contributed by atoms with van der Waals surface area (Å²) in [5.74, 6) is 0.377. The van der Waals surface area contributed by atoms with E-state index in [1.807, 2.05) is 18.2 Å². The Labute approximate surface area is 126 Å². The number of amides is 1. The van der Waals surface area contributed by atoms with Gasteiger partial charge in [0.15, 0.2) is 0 Å². The lowest BCUT2D eigenvalue weighted by Crippen LogP contribution is -2.41. The van der Waals surface area contributed by atoms with E-state index in [2.05, 4.69) is 22.8 Å². The Morgan fingerprint density at radius 2 is 2.19 bits per heavy atom. The Hall–Kier alpha value is -1.39. The number of nitrogens with one attached hydrogen (secondary N) is 2. The van der Waals surface area contributed by atoms with E-state index < -0.39 is 0 Å². The van der Waals surface area contributed by atoms with Gasteiger partial charge in [0, 0.05) is 19.0 Å². The molecule has 1 aromatic rings. The van der Waals surface area contributed by atoms with Crippen molar-refractivity contribution in [3.8, 4) is 0 Å². The molecule has 0 spiro atoms. The van der Waals surface area contributed by atoms with Gasteiger partial charge >= 0.3 is 0 Å². The SMILES string of the molecule is CC(O)CC(CNC(=O)C1CCCNC1)c1ccccc1. The third-order valence-electron chi connectivity index (χ3n) is 4.09. The smallest absolute Gasteiger partial charge is 0.224 e. The topological polar surface area (TPSA) is 61.4 Å². The Morgan fingerprint density at radius 3 is 2.81 bits per heavy atom. The van der Waals surface area contributed by atoms with Gasteiger partial charge in [-0.25, -0.2) is 0 Å². The molecule has 4 heteroatoms. The summed E-state index contributed by atoms with van der Waals surface area (Å²) in [6.07, 6.45) is 2.32. The van der Waals surface area contributed by atoms with Crippen molar-refractivity contribution in [2.75, 3.05) is 19.6 Å². The van der Waals surface area contributed by atoms with Gasteiger partial charge in [0.2, 0.25) is 5.91 Å². The molecular weight excluding hydrogens is 264 g/mol. The van der Waals surface area contributed by atoms with Crippen LogP contribution >= 0.6 is 0 Å². The van der Waals surface area contributed by atoms with Crippen LogP contribution in [0.3, 0.4) is 0 Å². The first-order valence-corrected chi connectivity index (χ1v) is 7.88. The molecule has 1 amide bonds. The summed E-state index contributed by atoms with van der Waals surface area (Å²) in [5, 5.41) is 16.0. The molecule has 116 valence electrons. The molecule has 2 rings (SSSR count). The number of hydrogen-bond donors (Lipinski definition) is 3. The van der Waals surface area contributed by atoms with Crippen LogP contribution in [0.25, 0.3) is 0 Å². The Kier molecular flexibility index (Phi) is 6.21. The highest BCUT2D eigenvalue weighted by atomic mass is 16.3. The van der Waals surface area contributed by atoms with Crippen molar-refractivity contribution >= 4 is 5.91 Å². The van der Waals surface area contributed by atoms with Gasteiger partial charge in [-0.15, -0.1) is 0 Å². The number of aliphatic hydroxyl groups is 1. The van der Waals surface area contributed by atoms with E-state index in [1.54, 1.807) is 6.92 Å². The van der Waals surface area contributed by atoms with Crippen molar-refractivity contribution < 1.29 is 9.90 Å². The molecule has 21 heavy (non-hydrogen) atoms. The van der Waals surface area contributed by atoms with E-state index in [0.717, 1.165) is 25.9 Å². The monoisotopic (exact) mass is 290 g/mol. The predicted molar refractivity (Wildman–Crippen MR) is 84.1 cm³/mol. The molecule has 1 aliphatic heterocycles. The number of rotatable bonds is 6. The molecule has 0 aliphatic carbocycles. The summed E-state index contributed by atoms with van der Waals surface area (Å²) >= 11 is 0. The van der Waals surface area contributed by atoms with Crippen molar-refractivity contribution in [1.82, 2.24) is 10.6 Å². The van der Waals surface area contributed by atoms with Crippen LogP contribution in [0.5, 0.6) is 0 Å². The minimum Gasteiger partial charge on any atom is -0.393 e. The third-order valence-corrected chi connectivity index (χ3v) is 4.09. The molecule has 4 nitrogen and oxygen atoms in total. The lowest BCUT2D eigenvalue weighted by molar-refractivity contribution is -0.125. The van der Waals surface area contributed by atoms with Gasteiger partial charge in [0.05, 0.1) is 12.0 Å². The second-order valence-electron chi connectivity index (χ2n) is 5.98. The largest absolute Gasteiger partial charge is 0.393 e. The van der Waals surface area contributed by atoms with E-state index in [0.29, 0.717) is 13.0 Å². The van der Waals surface area contributed by atoms with Crippen molar-refractivity contribution in [3.63, 3.8) is 0 Å². The zero-order valence-electron chi connectivity index (χ0n) is 12.7. The molecular formula is C17H26N2O2. The van der Waals surface area contributed by atoms with E-state index in [1.165, 1.54) is 5.56 Å². The standard InChI is InChI=1S/C17H26N2O2/c1-13(20)10-16(14-6-3-2-4-7-14)12-19-17(21)15-8-5-9-18-11-15/h2-4,6-7,13,15-16,18,20H,5,8-12H2,1H3,(H,19,21). The maximum absolute atomic E-state index is 12.2. The zero-order valence-corrected chi connectivity index (χ0v) is 12.7. The van der Waals surface area contributed by atoms with Crippen LogP contribution in [-0.4, -0.2) is 36.8 Å². The summed E-state index contributed by atoms with van der Waals surface area (Å²) in [4.78, 5) is 12.2. The number of hydrogen-bond acceptors (Lipinski definition) is 3. The molecule has 0 aromatic heterocycles. The Balaban J connectivity index is 1.91. The average Bonchev–Trinajstić information content (AvgIpc) is 2.52. The number of benzene rings is 1. The second-order valence-corrected chi connectivity index (χ2v) is 5.98. The normalized spacial score (nSPS) is 21.5. The molecule has 3 atom stereocenters. The van der Waals surface area contributed by atoms with Gasteiger partial charge < -0.3 is 15.7 Å². The lowest BCUT2D eigenvalue weighted by Gasteiger charge is -2.24. The van der Waals surface area contributed by atoms with Crippen molar-refractivity contribution in [2.24, 2.45) is 5.92 Å². The predicted octanol–water partition coefficient (Wildman–Crippen LogP) is 1.66. The number of carbonyl (C=O) groups is 1. The summed E-state index contributed by atoms with van der Waals surface area (Å²) < 4.78 is 0. The van der Waals surface area contributed by atoms with E-state index in [-0.39, 0.29) is 23.8 Å². The summed E-state index contributed by atoms with van der Waals surface area (Å²) in [5.41, 5.74) is 1.17. The van der Waals surface area contributed by atoms with Crippen LogP contribution in [0.2, 0.25) is 0 Å². The highest BCUT2D eigenvalue weighted by molar-refractivity contribution is 5.79. The maximum Gasteiger partial charge on any atom is 0.224 e. The molecule has 0 bridgehead atoms. The minimum absolute atomic E-state index is 0.0849. The van der Waals surface area contributed by atoms with Crippen LogP contribution in [0.1, 0.15) is 37.7 Å². The average molecular weight is 290 g/mol. The molecule has 0 saturated carbocycles. The van der Waals surface area contributed by atoms with Gasteiger partial charge in [0.25, 0.3) is 0 Å². The lowest BCUT2D eigenvalue weighted by atomic mass is 9.92. The van der Waals surface area contributed by atoms with Crippen LogP contribution in [-0.2, 0) is 4.79 Å². The second kappa shape index (κ2) is 8.15. The molecule has 1 saturated heterocycles. The maximum atomic E-state index is 12.2. The van der Waals surface area contributed by atoms with Crippen LogP contribution in [0.15, 0.2) is 30.3 Å². The van der Waals surface area contributed by atoms with E-state index in [4.69, 9.17) is 0 Å². The fourth-order valence-electron chi connectivity index (χ4n) is 2.92. The number of piperidine rings is 1. The third kappa shape index (κ3) is 5.14. The molecule has 3 unspecified atom stereocenters. The van der Waals surface area contributed by atoms with Gasteiger partial charge in [-0.1, -0.05) is 30.3 Å². The van der Waals surface area contributed by atoms with Crippen LogP contribution in [0.4, 0.5) is 0 Å². The van der Waals surface area contributed by atoms with Gasteiger partial charge in [-0.2, -0.15) is 0 Å². The van der Waals surface area contributed by atoms with Gasteiger partial charge in [-0.05, 0) is 38.3 Å². The molecule has 1 heterocycles. The molecule has 0 radical (unpaired) electrons. The van der Waals surface area contributed by atoms with Gasteiger partial charge in [-0.3, -0.25) is 4.79 Å². The highest BCUT2D eigenvalue weighted by Crippen LogP contribution is 2.21. The summed E-state index contributed by atoms with van der Waals surface area (Å²) in [6.45, 7) is 4.17. The van der Waals surface area contributed by atoms with Crippen LogP contribution < -0.4 is 10.6 Å². The fraction of sp³-hybridized carbons (Fsp3) is 0.588. The van der Waals surface area contributed by atoms with Gasteiger partial charge in [0.1, 0.15) is 0 Å². The van der Waals surface area contributed by atoms with E-state index >= 15 is 0 Å². The Bertz CT molecular complexity index is 428. The van der Waals surface area contributed by atoms with E-state index in [9.17, 15) is 9.90 Å². The van der Waals surface area contributed by atoms with Crippen molar-refractivity contribution in [2.45, 2.75) is 38.2 Å². The fourth-order valence-corrected chi connectivity index (χ4v) is 2.92. The summed E-state index contributed by atoms with van der Waals surface area (Å²) in [7, 11) is 0. The quantitative estimate of drug-likeness (QED) is 0.746. The minimum atomic E-state index is -0.372. The molecule has 1 fully saturated rings. The van der Waals surface area contributed by atoms with Crippen molar-refractivity contribution in [3.05, 3.63) is 35.9 Å².